The standard InChI is InChI=1S/C15H15Cl2N3O/c16-12-2-1-3-13(15(12)17)20-14(21)6-9-19-10-11-4-7-18-8-5-11/h1-5,7-8,19H,6,9-10H2,(H,20,21). The molecule has 1 aromatic carbocycles. The van der Waals surface area contributed by atoms with Crippen LogP contribution in [0.1, 0.15) is 12.0 Å². The van der Waals surface area contributed by atoms with Crippen LogP contribution in [0.25, 0.3) is 0 Å². The molecule has 1 amide bonds. The van der Waals surface area contributed by atoms with Crippen molar-refractivity contribution in [1.82, 2.24) is 10.3 Å². The number of nitrogens with one attached hydrogen (secondary N) is 2. The molecule has 0 atom stereocenters. The van der Waals surface area contributed by atoms with Crippen molar-refractivity contribution >= 4 is 34.8 Å². The fourth-order valence-corrected chi connectivity index (χ4v) is 2.10. The number of pyridine rings is 1. The lowest BCUT2D eigenvalue weighted by Crippen LogP contribution is -2.21. The summed E-state index contributed by atoms with van der Waals surface area (Å²) in [5, 5.41) is 6.72. The van der Waals surface area contributed by atoms with Gasteiger partial charge in [0.15, 0.2) is 0 Å². The highest BCUT2D eigenvalue weighted by Gasteiger charge is 2.07. The first-order chi connectivity index (χ1) is 10.2. The minimum Gasteiger partial charge on any atom is -0.325 e. The van der Waals surface area contributed by atoms with Crippen LogP contribution in [0.3, 0.4) is 0 Å². The maximum atomic E-state index is 11.8. The van der Waals surface area contributed by atoms with E-state index in [1.54, 1.807) is 30.6 Å². The van der Waals surface area contributed by atoms with Gasteiger partial charge in [-0.25, -0.2) is 0 Å². The Morgan fingerprint density at radius 3 is 2.67 bits per heavy atom. The van der Waals surface area contributed by atoms with E-state index in [4.69, 9.17) is 23.2 Å². The molecule has 0 unspecified atom stereocenters. The predicted octanol–water partition coefficient (Wildman–Crippen LogP) is 3.51. The average Bonchev–Trinajstić information content (AvgIpc) is 2.49. The minimum atomic E-state index is -0.110. The number of benzene rings is 1. The summed E-state index contributed by atoms with van der Waals surface area (Å²) >= 11 is 11.9. The predicted molar refractivity (Wildman–Crippen MR) is 85.7 cm³/mol. The smallest absolute Gasteiger partial charge is 0.225 e. The molecule has 0 aliphatic carbocycles. The van der Waals surface area contributed by atoms with E-state index in [9.17, 15) is 4.79 Å². The Morgan fingerprint density at radius 1 is 1.14 bits per heavy atom. The van der Waals surface area contributed by atoms with Crippen LogP contribution < -0.4 is 10.6 Å². The number of amides is 1. The molecule has 0 saturated heterocycles. The van der Waals surface area contributed by atoms with E-state index in [1.165, 1.54) is 0 Å². The summed E-state index contributed by atoms with van der Waals surface area (Å²) < 4.78 is 0. The molecule has 0 radical (unpaired) electrons. The fourth-order valence-electron chi connectivity index (χ4n) is 1.75. The number of hydrogen-bond acceptors (Lipinski definition) is 3. The Bertz CT molecular complexity index is 605. The van der Waals surface area contributed by atoms with Crippen LogP contribution in [0.5, 0.6) is 0 Å². The molecule has 21 heavy (non-hydrogen) atoms. The molecule has 1 aromatic heterocycles. The van der Waals surface area contributed by atoms with Gasteiger partial charge in [-0.15, -0.1) is 0 Å². The number of anilines is 1. The number of halogens is 2. The maximum absolute atomic E-state index is 11.8. The molecule has 6 heteroatoms. The van der Waals surface area contributed by atoms with Crippen molar-refractivity contribution in [3.63, 3.8) is 0 Å². The zero-order valence-corrected chi connectivity index (χ0v) is 12.8. The lowest BCUT2D eigenvalue weighted by atomic mass is 10.2. The second-order valence-electron chi connectivity index (χ2n) is 4.43. The SMILES string of the molecule is O=C(CCNCc1ccncc1)Nc1cccc(Cl)c1Cl. The summed E-state index contributed by atoms with van der Waals surface area (Å²) in [6, 6.07) is 9.00. The average molecular weight is 324 g/mol. The minimum absolute atomic E-state index is 0.110. The zero-order valence-electron chi connectivity index (χ0n) is 11.3. The molecular formula is C15H15Cl2N3O. The molecule has 0 aliphatic heterocycles. The van der Waals surface area contributed by atoms with E-state index in [-0.39, 0.29) is 5.91 Å². The lowest BCUT2D eigenvalue weighted by molar-refractivity contribution is -0.116. The van der Waals surface area contributed by atoms with Crippen molar-refractivity contribution in [3.05, 3.63) is 58.3 Å². The van der Waals surface area contributed by atoms with Crippen LogP contribution in [-0.4, -0.2) is 17.4 Å². The highest BCUT2D eigenvalue weighted by molar-refractivity contribution is 6.43. The molecule has 0 bridgehead atoms. The second kappa shape index (κ2) is 7.98. The molecule has 1 heterocycles. The lowest BCUT2D eigenvalue weighted by Gasteiger charge is -2.08. The van der Waals surface area contributed by atoms with Crippen molar-refractivity contribution < 1.29 is 4.79 Å². The third kappa shape index (κ3) is 5.01. The molecular weight excluding hydrogens is 309 g/mol. The van der Waals surface area contributed by atoms with Crippen LogP contribution in [0.15, 0.2) is 42.7 Å². The molecule has 2 rings (SSSR count). The number of carbonyl (C=O) groups is 1. The Kier molecular flexibility index (Phi) is 5.99. The quantitative estimate of drug-likeness (QED) is 0.800. The van der Waals surface area contributed by atoms with Gasteiger partial charge in [0, 0.05) is 31.9 Å². The molecule has 2 aromatic rings. The zero-order chi connectivity index (χ0) is 15.1. The monoisotopic (exact) mass is 323 g/mol. The Morgan fingerprint density at radius 2 is 1.90 bits per heavy atom. The van der Waals surface area contributed by atoms with Crippen LogP contribution in [0.4, 0.5) is 5.69 Å². The Labute approximate surface area is 133 Å². The number of nitrogens with zero attached hydrogens (tertiary/aromatic N) is 1. The van der Waals surface area contributed by atoms with Crippen molar-refractivity contribution in [2.24, 2.45) is 0 Å². The van der Waals surface area contributed by atoms with Gasteiger partial charge in [-0.3, -0.25) is 9.78 Å². The van der Waals surface area contributed by atoms with Crippen LogP contribution in [0.2, 0.25) is 10.0 Å². The van der Waals surface area contributed by atoms with E-state index in [1.807, 2.05) is 12.1 Å². The van der Waals surface area contributed by atoms with Gasteiger partial charge in [0.05, 0.1) is 15.7 Å². The van der Waals surface area contributed by atoms with Crippen molar-refractivity contribution in [1.29, 1.82) is 0 Å². The topological polar surface area (TPSA) is 54.0 Å². The molecule has 2 N–H and O–H groups in total. The van der Waals surface area contributed by atoms with Crippen molar-refractivity contribution in [2.75, 3.05) is 11.9 Å². The van der Waals surface area contributed by atoms with E-state index in [2.05, 4.69) is 15.6 Å². The van der Waals surface area contributed by atoms with Crippen molar-refractivity contribution in [2.45, 2.75) is 13.0 Å². The van der Waals surface area contributed by atoms with E-state index >= 15 is 0 Å². The first kappa shape index (κ1) is 15.8. The third-order valence-electron chi connectivity index (χ3n) is 2.83. The molecule has 0 fully saturated rings. The van der Waals surface area contributed by atoms with Gasteiger partial charge < -0.3 is 10.6 Å². The highest BCUT2D eigenvalue weighted by atomic mass is 35.5. The molecule has 0 spiro atoms. The summed E-state index contributed by atoms with van der Waals surface area (Å²) in [5.41, 5.74) is 1.66. The van der Waals surface area contributed by atoms with Gasteiger partial charge in [-0.2, -0.15) is 0 Å². The molecule has 0 saturated carbocycles. The number of hydrogen-bond donors (Lipinski definition) is 2. The first-order valence-electron chi connectivity index (χ1n) is 6.50. The highest BCUT2D eigenvalue weighted by Crippen LogP contribution is 2.29. The molecule has 110 valence electrons. The van der Waals surface area contributed by atoms with Crippen molar-refractivity contribution in [3.8, 4) is 0 Å². The summed E-state index contributed by atoms with van der Waals surface area (Å²) in [6.07, 6.45) is 3.84. The fraction of sp³-hybridized carbons (Fsp3) is 0.200. The number of carbonyl (C=O) groups excluding carboxylic acids is 1. The van der Waals surface area contributed by atoms with Gasteiger partial charge >= 0.3 is 0 Å². The van der Waals surface area contributed by atoms with Crippen LogP contribution in [-0.2, 0) is 11.3 Å². The molecule has 0 aliphatic rings. The number of rotatable bonds is 6. The van der Waals surface area contributed by atoms with Gasteiger partial charge in [-0.1, -0.05) is 29.3 Å². The van der Waals surface area contributed by atoms with Crippen LogP contribution in [0, 0.1) is 0 Å². The number of aromatic nitrogens is 1. The Hall–Kier alpha value is -1.62. The first-order valence-corrected chi connectivity index (χ1v) is 7.26. The second-order valence-corrected chi connectivity index (χ2v) is 5.22. The van der Waals surface area contributed by atoms with Gasteiger partial charge in [0.1, 0.15) is 0 Å². The van der Waals surface area contributed by atoms with Crippen LogP contribution >= 0.6 is 23.2 Å². The maximum Gasteiger partial charge on any atom is 0.225 e. The Balaban J connectivity index is 1.74. The van der Waals surface area contributed by atoms with Gasteiger partial charge in [-0.05, 0) is 29.8 Å². The largest absolute Gasteiger partial charge is 0.325 e. The van der Waals surface area contributed by atoms with Gasteiger partial charge in [0.25, 0.3) is 0 Å². The van der Waals surface area contributed by atoms with E-state index in [0.29, 0.717) is 35.2 Å². The summed E-state index contributed by atoms with van der Waals surface area (Å²) in [6.45, 7) is 1.28. The van der Waals surface area contributed by atoms with E-state index < -0.39 is 0 Å². The summed E-state index contributed by atoms with van der Waals surface area (Å²) in [7, 11) is 0. The van der Waals surface area contributed by atoms with E-state index in [0.717, 1.165) is 5.56 Å². The summed E-state index contributed by atoms with van der Waals surface area (Å²) in [4.78, 5) is 15.8. The third-order valence-corrected chi connectivity index (χ3v) is 3.65. The summed E-state index contributed by atoms with van der Waals surface area (Å²) in [5.74, 6) is -0.110. The normalized spacial score (nSPS) is 10.4. The van der Waals surface area contributed by atoms with Gasteiger partial charge in [0.2, 0.25) is 5.91 Å². The molecule has 4 nitrogen and oxygen atoms in total.